The number of rotatable bonds is 4. The lowest BCUT2D eigenvalue weighted by atomic mass is 10.3. The van der Waals surface area contributed by atoms with Crippen molar-refractivity contribution in [3.05, 3.63) is 60.2 Å². The van der Waals surface area contributed by atoms with Crippen LogP contribution in [0.3, 0.4) is 0 Å². The fraction of sp³-hybridized carbons (Fsp3) is 0. The van der Waals surface area contributed by atoms with Crippen molar-refractivity contribution in [1.29, 1.82) is 0 Å². The summed E-state index contributed by atoms with van der Waals surface area (Å²) in [7, 11) is -4.68. The number of benzene rings is 2. The van der Waals surface area contributed by atoms with Gasteiger partial charge in [0.2, 0.25) is 0 Å². The van der Waals surface area contributed by atoms with Gasteiger partial charge in [0.1, 0.15) is 17.0 Å². The molecular weight excluding hydrogens is 349 g/mol. The Bertz CT molecular complexity index is 976. The summed E-state index contributed by atoms with van der Waals surface area (Å²) < 4.78 is 69.7. The molecule has 124 valence electrons. The van der Waals surface area contributed by atoms with Crippen molar-refractivity contribution in [1.82, 2.24) is 20.2 Å². The summed E-state index contributed by atoms with van der Waals surface area (Å²) in [5.74, 6) is -5.40. The summed E-state index contributed by atoms with van der Waals surface area (Å²) in [6.07, 6.45) is 1.32. The third-order valence-electron chi connectivity index (χ3n) is 2.93. The molecular formula is C13H7F3N4O3S. The molecule has 0 fully saturated rings. The molecule has 0 atom stereocenters. The Hall–Kier alpha value is -2.95. The summed E-state index contributed by atoms with van der Waals surface area (Å²) in [5.41, 5.74) is 0.517. The van der Waals surface area contributed by atoms with E-state index in [1.807, 2.05) is 0 Å². The largest absolute Gasteiger partial charge is 0.379 e. The van der Waals surface area contributed by atoms with E-state index in [2.05, 4.69) is 15.5 Å². The maximum absolute atomic E-state index is 13.6. The Labute approximate surface area is 133 Å². The number of hydrogen-bond donors (Lipinski definition) is 0. The summed E-state index contributed by atoms with van der Waals surface area (Å²) >= 11 is 0. The fourth-order valence-corrected chi connectivity index (χ4v) is 2.80. The second kappa shape index (κ2) is 5.92. The van der Waals surface area contributed by atoms with Crippen LogP contribution in [0.2, 0.25) is 0 Å². The van der Waals surface area contributed by atoms with E-state index in [9.17, 15) is 21.6 Å². The standard InChI is InChI=1S/C13H7F3N4O3S/c14-10-5-6-11(13(16)12(10)15)24(21,22)23-9-3-1-8(2-4-9)20-7-17-18-19-20/h1-7H. The summed E-state index contributed by atoms with van der Waals surface area (Å²) in [4.78, 5) is -1.11. The lowest BCUT2D eigenvalue weighted by Crippen LogP contribution is -2.13. The molecule has 0 aliphatic rings. The van der Waals surface area contributed by atoms with Gasteiger partial charge in [-0.25, -0.2) is 17.9 Å². The third-order valence-corrected chi connectivity index (χ3v) is 4.19. The highest BCUT2D eigenvalue weighted by Gasteiger charge is 2.26. The van der Waals surface area contributed by atoms with Crippen LogP contribution in [0.4, 0.5) is 13.2 Å². The van der Waals surface area contributed by atoms with Crippen LogP contribution >= 0.6 is 0 Å². The van der Waals surface area contributed by atoms with Gasteiger partial charge in [0.15, 0.2) is 17.5 Å². The van der Waals surface area contributed by atoms with Crippen LogP contribution in [0.5, 0.6) is 5.75 Å². The van der Waals surface area contributed by atoms with E-state index in [1.165, 1.54) is 35.3 Å². The lowest BCUT2D eigenvalue weighted by molar-refractivity contribution is 0.423. The van der Waals surface area contributed by atoms with E-state index in [0.717, 1.165) is 0 Å². The second-order valence-corrected chi connectivity index (χ2v) is 5.97. The van der Waals surface area contributed by atoms with Gasteiger partial charge in [-0.05, 0) is 46.8 Å². The van der Waals surface area contributed by atoms with Gasteiger partial charge in [0, 0.05) is 0 Å². The number of hydrogen-bond acceptors (Lipinski definition) is 6. The molecule has 3 rings (SSSR count). The van der Waals surface area contributed by atoms with Crippen LogP contribution in [0.25, 0.3) is 5.69 Å². The van der Waals surface area contributed by atoms with Gasteiger partial charge >= 0.3 is 10.1 Å². The Kier molecular flexibility index (Phi) is 3.93. The van der Waals surface area contributed by atoms with E-state index >= 15 is 0 Å². The number of tetrazole rings is 1. The average Bonchev–Trinajstić information content (AvgIpc) is 3.07. The molecule has 0 N–H and O–H groups in total. The van der Waals surface area contributed by atoms with E-state index in [-0.39, 0.29) is 5.75 Å². The number of nitrogens with zero attached hydrogens (tertiary/aromatic N) is 4. The second-order valence-electron chi connectivity index (χ2n) is 4.46. The SMILES string of the molecule is O=S(=O)(Oc1ccc(-n2cnnn2)cc1)c1ccc(F)c(F)c1F. The zero-order valence-corrected chi connectivity index (χ0v) is 12.4. The van der Waals surface area contributed by atoms with Crippen molar-refractivity contribution in [2.45, 2.75) is 4.90 Å². The minimum atomic E-state index is -4.68. The number of aromatic nitrogens is 4. The predicted molar refractivity (Wildman–Crippen MR) is 73.3 cm³/mol. The van der Waals surface area contributed by atoms with Crippen LogP contribution in [0.15, 0.2) is 47.6 Å². The molecule has 3 aromatic rings. The topological polar surface area (TPSA) is 87.0 Å². The van der Waals surface area contributed by atoms with Gasteiger partial charge in [0.05, 0.1) is 5.69 Å². The molecule has 11 heteroatoms. The van der Waals surface area contributed by atoms with Crippen molar-refractivity contribution >= 4 is 10.1 Å². The molecule has 1 heterocycles. The molecule has 0 radical (unpaired) electrons. The van der Waals surface area contributed by atoms with Crippen LogP contribution in [0, 0.1) is 17.5 Å². The molecule has 0 bridgehead atoms. The minimum absolute atomic E-state index is 0.157. The Morgan fingerprint density at radius 3 is 2.29 bits per heavy atom. The van der Waals surface area contributed by atoms with Gasteiger partial charge in [-0.3, -0.25) is 0 Å². The van der Waals surface area contributed by atoms with Crippen LogP contribution in [0.1, 0.15) is 0 Å². The highest BCUT2D eigenvalue weighted by Crippen LogP contribution is 2.24. The molecule has 0 saturated carbocycles. The maximum Gasteiger partial charge on any atom is 0.342 e. The van der Waals surface area contributed by atoms with E-state index in [1.54, 1.807) is 0 Å². The zero-order valence-electron chi connectivity index (χ0n) is 11.6. The molecule has 0 spiro atoms. The molecule has 0 aliphatic carbocycles. The molecule has 0 saturated heterocycles. The van der Waals surface area contributed by atoms with Crippen LogP contribution in [-0.4, -0.2) is 28.6 Å². The molecule has 0 amide bonds. The van der Waals surface area contributed by atoms with Gasteiger partial charge in [0.25, 0.3) is 0 Å². The van der Waals surface area contributed by atoms with Gasteiger partial charge in [-0.15, -0.1) is 5.10 Å². The maximum atomic E-state index is 13.6. The van der Waals surface area contributed by atoms with Crippen molar-refractivity contribution < 1.29 is 25.8 Å². The summed E-state index contributed by atoms with van der Waals surface area (Å²) in [5, 5.41) is 10.5. The highest BCUT2D eigenvalue weighted by molar-refractivity contribution is 7.87. The Morgan fingerprint density at radius 1 is 0.958 bits per heavy atom. The monoisotopic (exact) mass is 356 g/mol. The van der Waals surface area contributed by atoms with Crippen molar-refractivity contribution in [3.63, 3.8) is 0 Å². The fourth-order valence-electron chi connectivity index (χ4n) is 1.81. The normalized spacial score (nSPS) is 11.5. The molecule has 0 aliphatic heterocycles. The van der Waals surface area contributed by atoms with Crippen LogP contribution < -0.4 is 4.18 Å². The van der Waals surface area contributed by atoms with Crippen molar-refractivity contribution in [3.8, 4) is 11.4 Å². The van der Waals surface area contributed by atoms with E-state index < -0.39 is 32.5 Å². The average molecular weight is 356 g/mol. The first-order valence-electron chi connectivity index (χ1n) is 6.30. The van der Waals surface area contributed by atoms with Crippen molar-refractivity contribution in [2.75, 3.05) is 0 Å². The zero-order chi connectivity index (χ0) is 17.3. The number of halogens is 3. The third kappa shape index (κ3) is 2.93. The highest BCUT2D eigenvalue weighted by atomic mass is 32.2. The lowest BCUT2D eigenvalue weighted by Gasteiger charge is -2.09. The minimum Gasteiger partial charge on any atom is -0.379 e. The van der Waals surface area contributed by atoms with Crippen molar-refractivity contribution in [2.24, 2.45) is 0 Å². The molecule has 7 nitrogen and oxygen atoms in total. The van der Waals surface area contributed by atoms with Crippen LogP contribution in [-0.2, 0) is 10.1 Å². The summed E-state index contributed by atoms with van der Waals surface area (Å²) in [6.45, 7) is 0. The van der Waals surface area contributed by atoms with E-state index in [0.29, 0.717) is 17.8 Å². The quantitative estimate of drug-likeness (QED) is 0.524. The van der Waals surface area contributed by atoms with E-state index in [4.69, 9.17) is 4.18 Å². The molecule has 1 aromatic heterocycles. The Morgan fingerprint density at radius 2 is 1.67 bits per heavy atom. The van der Waals surface area contributed by atoms with Gasteiger partial charge in [-0.1, -0.05) is 0 Å². The molecule has 2 aromatic carbocycles. The first-order valence-corrected chi connectivity index (χ1v) is 7.71. The van der Waals surface area contributed by atoms with Gasteiger partial charge < -0.3 is 4.18 Å². The summed E-state index contributed by atoms with van der Waals surface area (Å²) in [6, 6.07) is 6.51. The first kappa shape index (κ1) is 15.9. The predicted octanol–water partition coefficient (Wildman–Crippen LogP) is 1.85. The van der Waals surface area contributed by atoms with Gasteiger partial charge in [-0.2, -0.15) is 8.42 Å². The Balaban J connectivity index is 1.89. The first-order chi connectivity index (χ1) is 11.4. The molecule has 24 heavy (non-hydrogen) atoms. The smallest absolute Gasteiger partial charge is 0.342 e. The molecule has 0 unspecified atom stereocenters.